The van der Waals surface area contributed by atoms with Crippen LogP contribution in [0.15, 0.2) is 12.1 Å². The van der Waals surface area contributed by atoms with Crippen molar-refractivity contribution in [2.45, 2.75) is 39.0 Å². The van der Waals surface area contributed by atoms with Crippen molar-refractivity contribution >= 4 is 34.8 Å². The second-order valence-electron chi connectivity index (χ2n) is 4.22. The molecule has 0 radical (unpaired) electrons. The summed E-state index contributed by atoms with van der Waals surface area (Å²) in [5.74, 6) is 1.01. The normalized spacial score (nSPS) is 12.8. The minimum Gasteiger partial charge on any atom is -0.492 e. The molecule has 1 unspecified atom stereocenters. The monoisotopic (exact) mass is 308 g/mol. The van der Waals surface area contributed by atoms with Crippen LogP contribution < -0.4 is 4.74 Å². The molecule has 1 aromatic carbocycles. The highest BCUT2D eigenvalue weighted by Crippen LogP contribution is 2.41. The molecule has 0 fully saturated rings. The molecule has 1 aromatic rings. The molecule has 0 aliphatic heterocycles. The minimum absolute atomic E-state index is 0.110. The second kappa shape index (κ2) is 7.47. The SMILES string of the molecule is CCOc1cc(Cl)c(C(Cl)C(CC)CC)cc1Cl. The molecule has 0 saturated carbocycles. The van der Waals surface area contributed by atoms with Gasteiger partial charge in [0.1, 0.15) is 5.75 Å². The molecule has 18 heavy (non-hydrogen) atoms. The second-order valence-corrected chi connectivity index (χ2v) is 5.50. The topological polar surface area (TPSA) is 9.23 Å². The molecule has 0 amide bonds. The molecular formula is C14H19Cl3O. The highest BCUT2D eigenvalue weighted by Gasteiger charge is 2.21. The maximum absolute atomic E-state index is 6.50. The van der Waals surface area contributed by atoms with Crippen LogP contribution >= 0.6 is 34.8 Å². The zero-order valence-corrected chi connectivity index (χ0v) is 13.2. The predicted octanol–water partition coefficient (Wildman–Crippen LogP) is 6.11. The lowest BCUT2D eigenvalue weighted by Gasteiger charge is -2.21. The van der Waals surface area contributed by atoms with Crippen LogP contribution in [-0.4, -0.2) is 6.61 Å². The van der Waals surface area contributed by atoms with E-state index in [2.05, 4.69) is 13.8 Å². The lowest BCUT2D eigenvalue weighted by Crippen LogP contribution is -2.07. The van der Waals surface area contributed by atoms with Crippen molar-refractivity contribution in [1.82, 2.24) is 0 Å². The molecule has 0 aliphatic carbocycles. The van der Waals surface area contributed by atoms with Gasteiger partial charge in [0, 0.05) is 11.1 Å². The third kappa shape index (κ3) is 3.69. The summed E-state index contributed by atoms with van der Waals surface area (Å²) in [4.78, 5) is 0. The average molecular weight is 310 g/mol. The van der Waals surface area contributed by atoms with Crippen LogP contribution in [-0.2, 0) is 0 Å². The van der Waals surface area contributed by atoms with Crippen molar-refractivity contribution in [3.8, 4) is 5.75 Å². The van der Waals surface area contributed by atoms with Gasteiger partial charge in [-0.05, 0) is 24.5 Å². The van der Waals surface area contributed by atoms with E-state index in [1.165, 1.54) is 0 Å². The van der Waals surface area contributed by atoms with Gasteiger partial charge in [0.25, 0.3) is 0 Å². The Hall–Kier alpha value is -0.110. The Morgan fingerprint density at radius 2 is 1.67 bits per heavy atom. The fourth-order valence-electron chi connectivity index (χ4n) is 1.98. The Morgan fingerprint density at radius 1 is 1.06 bits per heavy atom. The Balaban J connectivity index is 3.06. The standard InChI is InChI=1S/C14H19Cl3O/c1-4-9(5-2)14(17)10-7-12(16)13(18-6-3)8-11(10)15/h7-9,14H,4-6H2,1-3H3. The molecule has 0 aliphatic rings. The van der Waals surface area contributed by atoms with Gasteiger partial charge in [-0.1, -0.05) is 49.9 Å². The first kappa shape index (κ1) is 15.9. The maximum Gasteiger partial charge on any atom is 0.139 e. The van der Waals surface area contributed by atoms with Crippen LogP contribution in [0.5, 0.6) is 5.75 Å². The van der Waals surface area contributed by atoms with E-state index in [1.807, 2.05) is 13.0 Å². The van der Waals surface area contributed by atoms with Gasteiger partial charge in [-0.15, -0.1) is 11.6 Å². The summed E-state index contributed by atoms with van der Waals surface area (Å²) < 4.78 is 5.41. The van der Waals surface area contributed by atoms with Crippen molar-refractivity contribution in [3.63, 3.8) is 0 Å². The van der Waals surface area contributed by atoms with Gasteiger partial charge in [-0.2, -0.15) is 0 Å². The van der Waals surface area contributed by atoms with Crippen molar-refractivity contribution in [1.29, 1.82) is 0 Å². The van der Waals surface area contributed by atoms with Gasteiger partial charge in [0.05, 0.1) is 17.0 Å². The largest absolute Gasteiger partial charge is 0.492 e. The third-order valence-corrected chi connectivity index (χ3v) is 4.32. The smallest absolute Gasteiger partial charge is 0.139 e. The molecule has 0 aromatic heterocycles. The van der Waals surface area contributed by atoms with Crippen LogP contribution in [0.1, 0.15) is 44.6 Å². The maximum atomic E-state index is 6.50. The lowest BCUT2D eigenvalue weighted by atomic mass is 9.94. The van der Waals surface area contributed by atoms with Gasteiger partial charge in [-0.3, -0.25) is 0 Å². The summed E-state index contributed by atoms with van der Waals surface area (Å²) in [6.07, 6.45) is 2.04. The minimum atomic E-state index is -0.110. The van der Waals surface area contributed by atoms with Crippen LogP contribution in [0.3, 0.4) is 0 Å². The Kier molecular flexibility index (Phi) is 6.62. The zero-order chi connectivity index (χ0) is 13.7. The summed E-state index contributed by atoms with van der Waals surface area (Å²) in [5, 5.41) is 1.07. The van der Waals surface area contributed by atoms with Crippen molar-refractivity contribution in [2.75, 3.05) is 6.61 Å². The Bertz CT molecular complexity index is 389. The molecule has 4 heteroatoms. The van der Waals surface area contributed by atoms with E-state index in [0.717, 1.165) is 18.4 Å². The van der Waals surface area contributed by atoms with E-state index >= 15 is 0 Å². The summed E-state index contributed by atoms with van der Waals surface area (Å²) in [5.41, 5.74) is 0.889. The van der Waals surface area contributed by atoms with Gasteiger partial charge < -0.3 is 4.74 Å². The third-order valence-electron chi connectivity index (χ3n) is 3.11. The highest BCUT2D eigenvalue weighted by molar-refractivity contribution is 6.35. The summed E-state index contributed by atoms with van der Waals surface area (Å²) >= 11 is 18.9. The first-order valence-electron chi connectivity index (χ1n) is 6.30. The zero-order valence-electron chi connectivity index (χ0n) is 11.0. The van der Waals surface area contributed by atoms with Gasteiger partial charge in [0.2, 0.25) is 0 Å². The molecular weight excluding hydrogens is 291 g/mol. The fraction of sp³-hybridized carbons (Fsp3) is 0.571. The van der Waals surface area contributed by atoms with Crippen LogP contribution in [0.4, 0.5) is 0 Å². The van der Waals surface area contributed by atoms with E-state index in [9.17, 15) is 0 Å². The van der Waals surface area contributed by atoms with E-state index in [-0.39, 0.29) is 5.38 Å². The molecule has 1 nitrogen and oxygen atoms in total. The van der Waals surface area contributed by atoms with E-state index in [4.69, 9.17) is 39.5 Å². The molecule has 0 heterocycles. The van der Waals surface area contributed by atoms with Crippen LogP contribution in [0.2, 0.25) is 10.0 Å². The van der Waals surface area contributed by atoms with E-state index in [1.54, 1.807) is 6.07 Å². The van der Waals surface area contributed by atoms with Crippen LogP contribution in [0.25, 0.3) is 0 Å². The lowest BCUT2D eigenvalue weighted by molar-refractivity contribution is 0.340. The van der Waals surface area contributed by atoms with E-state index < -0.39 is 0 Å². The fourth-order valence-corrected chi connectivity index (χ4v) is 3.07. The van der Waals surface area contributed by atoms with Crippen molar-refractivity contribution < 1.29 is 4.74 Å². The number of ether oxygens (including phenoxy) is 1. The molecule has 102 valence electrons. The number of benzene rings is 1. The van der Waals surface area contributed by atoms with Gasteiger partial charge in [-0.25, -0.2) is 0 Å². The first-order valence-corrected chi connectivity index (χ1v) is 7.50. The molecule has 0 bridgehead atoms. The highest BCUT2D eigenvalue weighted by atomic mass is 35.5. The molecule has 0 saturated heterocycles. The van der Waals surface area contributed by atoms with E-state index in [0.29, 0.717) is 28.3 Å². The summed E-state index contributed by atoms with van der Waals surface area (Å²) in [6, 6.07) is 3.57. The predicted molar refractivity (Wildman–Crippen MR) is 80.3 cm³/mol. The Labute approximate surface area is 124 Å². The van der Waals surface area contributed by atoms with Gasteiger partial charge in [0.15, 0.2) is 0 Å². The quantitative estimate of drug-likeness (QED) is 0.576. The first-order chi connectivity index (χ1) is 8.54. The van der Waals surface area contributed by atoms with Gasteiger partial charge >= 0.3 is 0 Å². The molecule has 0 N–H and O–H groups in total. The average Bonchev–Trinajstić information content (AvgIpc) is 2.35. The number of hydrogen-bond acceptors (Lipinski definition) is 1. The van der Waals surface area contributed by atoms with Crippen molar-refractivity contribution in [3.05, 3.63) is 27.7 Å². The number of hydrogen-bond donors (Lipinski definition) is 0. The summed E-state index contributed by atoms with van der Waals surface area (Å²) in [6.45, 7) is 6.74. The number of alkyl halides is 1. The molecule has 1 atom stereocenters. The molecule has 0 spiro atoms. The number of halogens is 3. The van der Waals surface area contributed by atoms with Crippen LogP contribution in [0, 0.1) is 5.92 Å². The Morgan fingerprint density at radius 3 is 2.17 bits per heavy atom. The number of rotatable bonds is 6. The molecule has 1 rings (SSSR count). The summed E-state index contributed by atoms with van der Waals surface area (Å²) in [7, 11) is 0. The van der Waals surface area contributed by atoms with Crippen molar-refractivity contribution in [2.24, 2.45) is 5.92 Å².